The molecule has 0 aliphatic rings. The Balaban J connectivity index is 1.42. The SMILES string of the molecule is Cc1cccc(NC(=O)CSc2nnc(-c3c[nH]c4ccccc34)o2)c1C. The Kier molecular flexibility index (Phi) is 4.68. The molecule has 0 bridgehead atoms. The molecule has 0 aliphatic carbocycles. The fraction of sp³-hybridized carbons (Fsp3) is 0.150. The van der Waals surface area contributed by atoms with E-state index in [0.29, 0.717) is 11.1 Å². The summed E-state index contributed by atoms with van der Waals surface area (Å²) in [6.45, 7) is 4.01. The first-order chi connectivity index (χ1) is 13.1. The van der Waals surface area contributed by atoms with Gasteiger partial charge in [-0.15, -0.1) is 10.2 Å². The number of benzene rings is 2. The molecule has 0 saturated carbocycles. The molecule has 2 aromatic heterocycles. The highest BCUT2D eigenvalue weighted by atomic mass is 32.2. The standard InChI is InChI=1S/C20H18N4O2S/c1-12-6-5-9-16(13(12)2)22-18(25)11-27-20-24-23-19(26-20)15-10-21-17-8-4-3-7-14(15)17/h3-10,21H,11H2,1-2H3,(H,22,25). The van der Waals surface area contributed by atoms with Gasteiger partial charge in [0.15, 0.2) is 0 Å². The highest BCUT2D eigenvalue weighted by Crippen LogP contribution is 2.29. The summed E-state index contributed by atoms with van der Waals surface area (Å²) in [7, 11) is 0. The number of aromatic amines is 1. The van der Waals surface area contributed by atoms with Gasteiger partial charge in [-0.25, -0.2) is 0 Å². The first-order valence-corrected chi connectivity index (χ1v) is 9.49. The van der Waals surface area contributed by atoms with Crippen LogP contribution >= 0.6 is 11.8 Å². The second-order valence-electron chi connectivity index (χ2n) is 6.21. The number of aryl methyl sites for hydroxylation is 1. The zero-order valence-corrected chi connectivity index (χ0v) is 15.8. The average molecular weight is 378 g/mol. The van der Waals surface area contributed by atoms with Crippen molar-refractivity contribution in [2.75, 3.05) is 11.1 Å². The number of hydrogen-bond donors (Lipinski definition) is 2. The van der Waals surface area contributed by atoms with Crippen LogP contribution in [-0.4, -0.2) is 26.8 Å². The molecular weight excluding hydrogens is 360 g/mol. The number of H-pyrrole nitrogens is 1. The summed E-state index contributed by atoms with van der Waals surface area (Å²) in [6.07, 6.45) is 1.85. The lowest BCUT2D eigenvalue weighted by atomic mass is 10.1. The van der Waals surface area contributed by atoms with Crippen molar-refractivity contribution in [3.05, 3.63) is 59.8 Å². The zero-order chi connectivity index (χ0) is 18.8. The number of nitrogens with zero attached hydrogens (tertiary/aromatic N) is 2. The van der Waals surface area contributed by atoms with Crippen molar-refractivity contribution in [1.82, 2.24) is 15.2 Å². The van der Waals surface area contributed by atoms with Crippen LogP contribution in [0.15, 0.2) is 58.3 Å². The highest BCUT2D eigenvalue weighted by Gasteiger charge is 2.15. The van der Waals surface area contributed by atoms with Crippen molar-refractivity contribution in [2.45, 2.75) is 19.1 Å². The summed E-state index contributed by atoms with van der Waals surface area (Å²) < 4.78 is 5.72. The van der Waals surface area contributed by atoms with Crippen LogP contribution in [-0.2, 0) is 4.79 Å². The van der Waals surface area contributed by atoms with Crippen LogP contribution < -0.4 is 5.32 Å². The summed E-state index contributed by atoms with van der Waals surface area (Å²) >= 11 is 1.22. The maximum atomic E-state index is 12.2. The van der Waals surface area contributed by atoms with E-state index in [4.69, 9.17) is 4.42 Å². The van der Waals surface area contributed by atoms with E-state index in [-0.39, 0.29) is 11.7 Å². The van der Waals surface area contributed by atoms with E-state index in [2.05, 4.69) is 20.5 Å². The van der Waals surface area contributed by atoms with E-state index in [1.54, 1.807) is 0 Å². The molecule has 2 N–H and O–H groups in total. The second kappa shape index (κ2) is 7.28. The number of aromatic nitrogens is 3. The van der Waals surface area contributed by atoms with E-state index in [1.807, 2.05) is 62.5 Å². The summed E-state index contributed by atoms with van der Waals surface area (Å²) in [5.41, 5.74) is 4.89. The first kappa shape index (κ1) is 17.4. The predicted molar refractivity (Wildman–Crippen MR) is 107 cm³/mol. The molecule has 4 rings (SSSR count). The van der Waals surface area contributed by atoms with Crippen LogP contribution in [0, 0.1) is 13.8 Å². The van der Waals surface area contributed by atoms with Gasteiger partial charge in [0, 0.05) is 22.8 Å². The molecule has 0 radical (unpaired) electrons. The predicted octanol–water partition coefficient (Wildman–Crippen LogP) is 4.57. The Bertz CT molecular complexity index is 1120. The van der Waals surface area contributed by atoms with Crippen LogP contribution in [0.2, 0.25) is 0 Å². The monoisotopic (exact) mass is 378 g/mol. The Morgan fingerprint density at radius 1 is 1.15 bits per heavy atom. The molecule has 7 heteroatoms. The summed E-state index contributed by atoms with van der Waals surface area (Å²) in [6, 6.07) is 13.8. The fourth-order valence-corrected chi connectivity index (χ4v) is 3.39. The lowest BCUT2D eigenvalue weighted by Gasteiger charge is -2.09. The first-order valence-electron chi connectivity index (χ1n) is 8.50. The normalized spacial score (nSPS) is 11.0. The molecule has 0 fully saturated rings. The molecule has 6 nitrogen and oxygen atoms in total. The molecule has 0 aliphatic heterocycles. The maximum Gasteiger partial charge on any atom is 0.277 e. The van der Waals surface area contributed by atoms with Gasteiger partial charge in [-0.1, -0.05) is 42.1 Å². The number of nitrogens with one attached hydrogen (secondary N) is 2. The summed E-state index contributed by atoms with van der Waals surface area (Å²) in [5.74, 6) is 0.522. The van der Waals surface area contributed by atoms with Gasteiger partial charge in [0.2, 0.25) is 5.91 Å². The topological polar surface area (TPSA) is 83.8 Å². The van der Waals surface area contributed by atoms with Crippen LogP contribution in [0.3, 0.4) is 0 Å². The number of para-hydroxylation sites is 1. The fourth-order valence-electron chi connectivity index (χ4n) is 2.83. The highest BCUT2D eigenvalue weighted by molar-refractivity contribution is 7.99. The van der Waals surface area contributed by atoms with Gasteiger partial charge in [0.05, 0.1) is 11.3 Å². The number of carbonyl (C=O) groups excluding carboxylic acids is 1. The lowest BCUT2D eigenvalue weighted by molar-refractivity contribution is -0.113. The number of anilines is 1. The van der Waals surface area contributed by atoms with Crippen molar-refractivity contribution >= 4 is 34.3 Å². The third-order valence-electron chi connectivity index (χ3n) is 4.43. The van der Waals surface area contributed by atoms with Gasteiger partial charge < -0.3 is 14.7 Å². The number of hydrogen-bond acceptors (Lipinski definition) is 5. The van der Waals surface area contributed by atoms with E-state index in [1.165, 1.54) is 11.8 Å². The third kappa shape index (κ3) is 3.59. The van der Waals surface area contributed by atoms with E-state index >= 15 is 0 Å². The zero-order valence-electron chi connectivity index (χ0n) is 14.9. The summed E-state index contributed by atoms with van der Waals surface area (Å²) in [5, 5.41) is 12.5. The molecule has 1 amide bonds. The van der Waals surface area contributed by atoms with Gasteiger partial charge in [0.1, 0.15) is 0 Å². The van der Waals surface area contributed by atoms with Gasteiger partial charge in [-0.2, -0.15) is 0 Å². The van der Waals surface area contributed by atoms with Gasteiger partial charge >= 0.3 is 0 Å². The van der Waals surface area contributed by atoms with Crippen LogP contribution in [0.25, 0.3) is 22.4 Å². The Labute approximate surface area is 160 Å². The number of carbonyl (C=O) groups is 1. The minimum atomic E-state index is -0.111. The Morgan fingerprint density at radius 2 is 2.00 bits per heavy atom. The molecular formula is C20H18N4O2S. The van der Waals surface area contributed by atoms with E-state index in [0.717, 1.165) is 33.3 Å². The molecule has 136 valence electrons. The van der Waals surface area contributed by atoms with Crippen molar-refractivity contribution < 1.29 is 9.21 Å². The quantitative estimate of drug-likeness (QED) is 0.497. The van der Waals surface area contributed by atoms with Crippen LogP contribution in [0.1, 0.15) is 11.1 Å². The molecule has 2 heterocycles. The molecule has 27 heavy (non-hydrogen) atoms. The third-order valence-corrected chi connectivity index (χ3v) is 5.25. The largest absolute Gasteiger partial charge is 0.411 e. The van der Waals surface area contributed by atoms with E-state index in [9.17, 15) is 4.79 Å². The van der Waals surface area contributed by atoms with E-state index < -0.39 is 0 Å². The Hall–Kier alpha value is -3.06. The molecule has 4 aromatic rings. The molecule has 0 unspecified atom stereocenters. The molecule has 2 aromatic carbocycles. The van der Waals surface area contributed by atoms with Crippen molar-refractivity contribution in [3.8, 4) is 11.5 Å². The Morgan fingerprint density at radius 3 is 2.89 bits per heavy atom. The minimum Gasteiger partial charge on any atom is -0.411 e. The lowest BCUT2D eigenvalue weighted by Crippen LogP contribution is -2.15. The average Bonchev–Trinajstić information content (AvgIpc) is 3.30. The molecule has 0 saturated heterocycles. The van der Waals surface area contributed by atoms with Crippen molar-refractivity contribution in [2.24, 2.45) is 0 Å². The second-order valence-corrected chi connectivity index (χ2v) is 7.13. The van der Waals surface area contributed by atoms with Gasteiger partial charge in [-0.3, -0.25) is 4.79 Å². The number of thioether (sulfide) groups is 1. The molecule has 0 spiro atoms. The van der Waals surface area contributed by atoms with Gasteiger partial charge in [0.25, 0.3) is 11.1 Å². The van der Waals surface area contributed by atoms with Crippen molar-refractivity contribution in [1.29, 1.82) is 0 Å². The number of rotatable bonds is 5. The van der Waals surface area contributed by atoms with Crippen LogP contribution in [0.4, 0.5) is 5.69 Å². The number of fused-ring (bicyclic) bond motifs is 1. The minimum absolute atomic E-state index is 0.111. The molecule has 0 atom stereocenters. The number of amides is 1. The van der Waals surface area contributed by atoms with Crippen LogP contribution in [0.5, 0.6) is 0 Å². The van der Waals surface area contributed by atoms with Gasteiger partial charge in [-0.05, 0) is 37.1 Å². The maximum absolute atomic E-state index is 12.2. The summed E-state index contributed by atoms with van der Waals surface area (Å²) in [4.78, 5) is 15.4. The smallest absolute Gasteiger partial charge is 0.277 e. The van der Waals surface area contributed by atoms with Crippen molar-refractivity contribution in [3.63, 3.8) is 0 Å².